The first-order valence-corrected chi connectivity index (χ1v) is 4.53. The van der Waals surface area contributed by atoms with Gasteiger partial charge in [-0.3, -0.25) is 0 Å². The lowest BCUT2D eigenvalue weighted by Crippen LogP contribution is -1.87. The van der Waals surface area contributed by atoms with Gasteiger partial charge in [0.05, 0.1) is 0 Å². The lowest BCUT2D eigenvalue weighted by molar-refractivity contribution is 0.582. The lowest BCUT2D eigenvalue weighted by Gasteiger charge is -1.98. The van der Waals surface area contributed by atoms with Crippen LogP contribution in [-0.2, 0) is 0 Å². The average Bonchev–Trinajstić information content (AvgIpc) is 2.23. The molecule has 4 nitrogen and oxygen atoms in total. The molecule has 0 aromatic carbocycles. The van der Waals surface area contributed by atoms with Gasteiger partial charge in [-0.2, -0.15) is 4.39 Å². The van der Waals surface area contributed by atoms with Gasteiger partial charge in [-0.1, -0.05) is 17.3 Å². The molecule has 0 aliphatic rings. The molecule has 1 rings (SSSR count). The zero-order chi connectivity index (χ0) is 11.1. The number of aryl methyl sites for hydroxylation is 1. The van der Waals surface area contributed by atoms with Crippen molar-refractivity contribution in [2.45, 2.75) is 13.3 Å². The largest absolute Gasteiger partial charge is 0.228 e. The third-order valence-electron chi connectivity index (χ3n) is 1.87. The Morgan fingerprint density at radius 2 is 2.47 bits per heavy atom. The Morgan fingerprint density at radius 1 is 1.67 bits per heavy atom. The van der Waals surface area contributed by atoms with E-state index < -0.39 is 5.95 Å². The first kappa shape index (κ1) is 11.2. The van der Waals surface area contributed by atoms with Crippen LogP contribution in [0.1, 0.15) is 17.5 Å². The minimum Gasteiger partial charge on any atom is -0.228 e. The van der Waals surface area contributed by atoms with Crippen molar-refractivity contribution in [2.24, 2.45) is 5.11 Å². The summed E-state index contributed by atoms with van der Waals surface area (Å²) in [5, 5.41) is 3.39. The number of hydrogen-bond acceptors (Lipinski definition) is 2. The molecule has 0 aliphatic heterocycles. The van der Waals surface area contributed by atoms with Crippen molar-refractivity contribution in [1.29, 1.82) is 0 Å². The normalized spacial score (nSPS) is 10.3. The Labute approximate surface area is 87.1 Å². The maximum Gasteiger partial charge on any atom is 0.213 e. The topological polar surface area (TPSA) is 61.7 Å². The monoisotopic (exact) mass is 206 g/mol. The van der Waals surface area contributed by atoms with Crippen LogP contribution in [0.25, 0.3) is 16.5 Å². The zero-order valence-corrected chi connectivity index (χ0v) is 8.39. The summed E-state index contributed by atoms with van der Waals surface area (Å²) in [5.41, 5.74) is 9.75. The SMILES string of the molecule is Cc1cnc(F)cc1C=CCCN=[N+]=[N-]. The van der Waals surface area contributed by atoms with Gasteiger partial charge in [0.2, 0.25) is 5.95 Å². The van der Waals surface area contributed by atoms with E-state index in [1.807, 2.05) is 13.0 Å². The van der Waals surface area contributed by atoms with Crippen LogP contribution in [-0.4, -0.2) is 11.5 Å². The molecule has 0 N–H and O–H groups in total. The Hall–Kier alpha value is -1.87. The highest BCUT2D eigenvalue weighted by Crippen LogP contribution is 2.09. The van der Waals surface area contributed by atoms with Crippen LogP contribution in [0, 0.1) is 12.9 Å². The molecule has 0 radical (unpaired) electrons. The van der Waals surface area contributed by atoms with Crippen LogP contribution in [0.3, 0.4) is 0 Å². The second-order valence-electron chi connectivity index (χ2n) is 3.01. The minimum atomic E-state index is -0.490. The third-order valence-corrected chi connectivity index (χ3v) is 1.87. The first-order valence-electron chi connectivity index (χ1n) is 4.53. The van der Waals surface area contributed by atoms with Gasteiger partial charge in [-0.25, -0.2) is 4.98 Å². The molecule has 0 fully saturated rings. The maximum absolute atomic E-state index is 12.8. The molecule has 15 heavy (non-hydrogen) atoms. The number of rotatable bonds is 4. The fourth-order valence-electron chi connectivity index (χ4n) is 1.08. The van der Waals surface area contributed by atoms with E-state index in [0.717, 1.165) is 11.1 Å². The Kier molecular flexibility index (Phi) is 4.31. The van der Waals surface area contributed by atoms with E-state index in [4.69, 9.17) is 5.53 Å². The number of hydrogen-bond donors (Lipinski definition) is 0. The predicted molar refractivity (Wildman–Crippen MR) is 56.6 cm³/mol. The summed E-state index contributed by atoms with van der Waals surface area (Å²) < 4.78 is 12.8. The molecule has 1 heterocycles. The van der Waals surface area contributed by atoms with Crippen LogP contribution in [0.15, 0.2) is 23.5 Å². The highest BCUT2D eigenvalue weighted by Gasteiger charge is 1.96. The summed E-state index contributed by atoms with van der Waals surface area (Å²) in [6.07, 6.45) is 5.78. The van der Waals surface area contributed by atoms with E-state index in [9.17, 15) is 4.39 Å². The quantitative estimate of drug-likeness (QED) is 0.245. The van der Waals surface area contributed by atoms with Crippen molar-refractivity contribution in [3.63, 3.8) is 0 Å². The second kappa shape index (κ2) is 5.78. The molecular weight excluding hydrogens is 195 g/mol. The summed E-state index contributed by atoms with van der Waals surface area (Å²) in [7, 11) is 0. The summed E-state index contributed by atoms with van der Waals surface area (Å²) in [6, 6.07) is 1.37. The van der Waals surface area contributed by atoms with Crippen LogP contribution >= 0.6 is 0 Å². The molecule has 0 saturated heterocycles. The molecule has 0 saturated carbocycles. The van der Waals surface area contributed by atoms with Gasteiger partial charge in [0, 0.05) is 23.7 Å². The number of aromatic nitrogens is 1. The second-order valence-corrected chi connectivity index (χ2v) is 3.01. The molecule has 0 unspecified atom stereocenters. The first-order chi connectivity index (χ1) is 7.24. The van der Waals surface area contributed by atoms with Gasteiger partial charge < -0.3 is 0 Å². The van der Waals surface area contributed by atoms with Crippen molar-refractivity contribution in [1.82, 2.24) is 4.98 Å². The Balaban J connectivity index is 2.63. The van der Waals surface area contributed by atoms with Gasteiger partial charge in [0.25, 0.3) is 0 Å². The average molecular weight is 206 g/mol. The van der Waals surface area contributed by atoms with E-state index >= 15 is 0 Å². The number of azide groups is 1. The zero-order valence-electron chi connectivity index (χ0n) is 8.39. The molecule has 1 aromatic rings. The number of pyridine rings is 1. The standard InChI is InChI=1S/C10H11FN4/c1-8-7-13-10(11)6-9(8)4-2-3-5-14-15-12/h2,4,6-7H,3,5H2,1H3. The van der Waals surface area contributed by atoms with Crippen molar-refractivity contribution < 1.29 is 4.39 Å². The summed E-state index contributed by atoms with van der Waals surface area (Å²) in [4.78, 5) is 6.16. The highest BCUT2D eigenvalue weighted by molar-refractivity contribution is 5.52. The minimum absolute atomic E-state index is 0.416. The summed E-state index contributed by atoms with van der Waals surface area (Å²) >= 11 is 0. The van der Waals surface area contributed by atoms with E-state index in [0.29, 0.717) is 13.0 Å². The van der Waals surface area contributed by atoms with E-state index in [1.165, 1.54) is 12.3 Å². The molecule has 0 amide bonds. The van der Waals surface area contributed by atoms with Gasteiger partial charge in [-0.15, -0.1) is 0 Å². The number of nitrogens with zero attached hydrogens (tertiary/aromatic N) is 4. The van der Waals surface area contributed by atoms with Crippen molar-refractivity contribution in [3.05, 3.63) is 45.9 Å². The van der Waals surface area contributed by atoms with Crippen molar-refractivity contribution in [2.75, 3.05) is 6.54 Å². The molecule has 0 bridgehead atoms. The fraction of sp³-hybridized carbons (Fsp3) is 0.300. The van der Waals surface area contributed by atoms with E-state index in [2.05, 4.69) is 15.0 Å². The van der Waals surface area contributed by atoms with Gasteiger partial charge in [0.15, 0.2) is 0 Å². The molecule has 5 heteroatoms. The molecule has 1 aromatic heterocycles. The predicted octanol–water partition coefficient (Wildman–Crippen LogP) is 3.24. The van der Waals surface area contributed by atoms with E-state index in [1.54, 1.807) is 6.08 Å². The maximum atomic E-state index is 12.8. The van der Waals surface area contributed by atoms with Crippen molar-refractivity contribution in [3.8, 4) is 0 Å². The van der Waals surface area contributed by atoms with Crippen LogP contribution < -0.4 is 0 Å². The van der Waals surface area contributed by atoms with Gasteiger partial charge in [-0.05, 0) is 30.0 Å². The Morgan fingerprint density at radius 3 is 3.20 bits per heavy atom. The summed E-state index contributed by atoms with van der Waals surface area (Å²) in [6.45, 7) is 2.28. The smallest absolute Gasteiger partial charge is 0.213 e. The molecule has 0 atom stereocenters. The molecule has 78 valence electrons. The van der Waals surface area contributed by atoms with E-state index in [-0.39, 0.29) is 0 Å². The fourth-order valence-corrected chi connectivity index (χ4v) is 1.08. The highest BCUT2D eigenvalue weighted by atomic mass is 19.1. The summed E-state index contributed by atoms with van der Waals surface area (Å²) in [5.74, 6) is -0.490. The molecule has 0 spiro atoms. The van der Waals surface area contributed by atoms with Crippen LogP contribution in [0.2, 0.25) is 0 Å². The molecular formula is C10H11FN4. The van der Waals surface area contributed by atoms with Gasteiger partial charge >= 0.3 is 0 Å². The Bertz CT molecular complexity index is 408. The van der Waals surface area contributed by atoms with Gasteiger partial charge in [0.1, 0.15) is 0 Å². The number of halogens is 1. The van der Waals surface area contributed by atoms with Crippen LogP contribution in [0.5, 0.6) is 0 Å². The lowest BCUT2D eigenvalue weighted by atomic mass is 10.1. The third kappa shape index (κ3) is 3.79. The van der Waals surface area contributed by atoms with Crippen LogP contribution in [0.4, 0.5) is 4.39 Å². The molecule has 0 aliphatic carbocycles. The van der Waals surface area contributed by atoms with Crippen molar-refractivity contribution >= 4 is 6.08 Å².